The van der Waals surface area contributed by atoms with Gasteiger partial charge in [-0.25, -0.2) is 0 Å². The summed E-state index contributed by atoms with van der Waals surface area (Å²) in [7, 11) is 1.67. The third-order valence-electron chi connectivity index (χ3n) is 5.51. The first-order valence-electron chi connectivity index (χ1n) is 9.16. The van der Waals surface area contributed by atoms with E-state index in [-0.39, 0.29) is 18.1 Å². The van der Waals surface area contributed by atoms with Crippen molar-refractivity contribution in [2.24, 2.45) is 17.8 Å². The standard InChI is InChI=1S/C22H32O3/c1-6-7-8-20(23)22-16(4)21(13-19(22)15(2)3)25-14-17-9-11-18(24-5)12-10-17/h6,9-12,16,19-23H,1-2,7-8,13-14H2,3-5H3/t16-,19+,20+,21-,22+/m0/s1. The third-order valence-corrected chi connectivity index (χ3v) is 5.51. The van der Waals surface area contributed by atoms with Crippen LogP contribution in [0.2, 0.25) is 0 Å². The van der Waals surface area contributed by atoms with Crippen molar-refractivity contribution in [3.63, 3.8) is 0 Å². The van der Waals surface area contributed by atoms with Crippen molar-refractivity contribution < 1.29 is 14.6 Å². The minimum Gasteiger partial charge on any atom is -0.497 e. The quantitative estimate of drug-likeness (QED) is 0.657. The molecule has 1 aliphatic carbocycles. The molecule has 0 radical (unpaired) electrons. The summed E-state index contributed by atoms with van der Waals surface area (Å²) in [4.78, 5) is 0. The molecule has 25 heavy (non-hydrogen) atoms. The lowest BCUT2D eigenvalue weighted by Crippen LogP contribution is -2.30. The summed E-state index contributed by atoms with van der Waals surface area (Å²) in [6.45, 7) is 12.8. The van der Waals surface area contributed by atoms with Crippen molar-refractivity contribution in [2.45, 2.75) is 51.9 Å². The molecule has 0 amide bonds. The summed E-state index contributed by atoms with van der Waals surface area (Å²) in [6.07, 6.45) is 4.22. The number of aliphatic hydroxyl groups excluding tert-OH is 1. The van der Waals surface area contributed by atoms with Crippen LogP contribution in [-0.2, 0) is 11.3 Å². The Morgan fingerprint density at radius 1 is 1.36 bits per heavy atom. The van der Waals surface area contributed by atoms with Crippen molar-refractivity contribution in [1.82, 2.24) is 0 Å². The smallest absolute Gasteiger partial charge is 0.118 e. The van der Waals surface area contributed by atoms with Crippen LogP contribution in [-0.4, -0.2) is 24.4 Å². The maximum absolute atomic E-state index is 10.7. The molecule has 0 spiro atoms. The number of ether oxygens (including phenoxy) is 2. The molecule has 1 aliphatic rings. The predicted octanol–water partition coefficient (Wildman–Crippen LogP) is 4.76. The first kappa shape index (κ1) is 19.7. The van der Waals surface area contributed by atoms with Crippen molar-refractivity contribution in [1.29, 1.82) is 0 Å². The minimum absolute atomic E-state index is 0.146. The highest BCUT2D eigenvalue weighted by molar-refractivity contribution is 5.26. The van der Waals surface area contributed by atoms with E-state index in [4.69, 9.17) is 9.47 Å². The average Bonchev–Trinajstić information content (AvgIpc) is 2.95. The Bertz CT molecular complexity index is 563. The maximum atomic E-state index is 10.7. The normalized spacial score (nSPS) is 27.0. The second-order valence-corrected chi connectivity index (χ2v) is 7.26. The molecule has 1 fully saturated rings. The highest BCUT2D eigenvalue weighted by Crippen LogP contribution is 2.45. The average molecular weight is 344 g/mol. The molecule has 0 bridgehead atoms. The monoisotopic (exact) mass is 344 g/mol. The molecular formula is C22H32O3. The zero-order valence-electron chi connectivity index (χ0n) is 15.8. The van der Waals surface area contributed by atoms with Gasteiger partial charge in [-0.05, 0) is 61.6 Å². The van der Waals surface area contributed by atoms with E-state index < -0.39 is 0 Å². The molecule has 1 aromatic carbocycles. The summed E-state index contributed by atoms with van der Waals surface area (Å²) < 4.78 is 11.4. The van der Waals surface area contributed by atoms with Crippen LogP contribution < -0.4 is 4.74 Å². The maximum Gasteiger partial charge on any atom is 0.118 e. The summed E-state index contributed by atoms with van der Waals surface area (Å²) in [5, 5.41) is 10.7. The Hall–Kier alpha value is -1.58. The minimum atomic E-state index is -0.329. The molecule has 0 unspecified atom stereocenters. The number of benzene rings is 1. The summed E-state index contributed by atoms with van der Waals surface area (Å²) >= 11 is 0. The van der Waals surface area contributed by atoms with Crippen LogP contribution in [0, 0.1) is 17.8 Å². The first-order valence-corrected chi connectivity index (χ1v) is 9.16. The van der Waals surface area contributed by atoms with Gasteiger partial charge in [-0.15, -0.1) is 6.58 Å². The van der Waals surface area contributed by atoms with Gasteiger partial charge in [-0.1, -0.05) is 37.3 Å². The number of allylic oxidation sites excluding steroid dienone is 2. The second kappa shape index (κ2) is 9.21. The van der Waals surface area contributed by atoms with Crippen LogP contribution in [0.4, 0.5) is 0 Å². The van der Waals surface area contributed by atoms with Crippen LogP contribution in [0.25, 0.3) is 0 Å². The fraction of sp³-hybridized carbons (Fsp3) is 0.545. The Morgan fingerprint density at radius 2 is 2.04 bits per heavy atom. The van der Waals surface area contributed by atoms with E-state index in [0.717, 1.165) is 36.1 Å². The molecule has 3 heteroatoms. The first-order chi connectivity index (χ1) is 12.0. The highest BCUT2D eigenvalue weighted by Gasteiger charge is 2.44. The molecule has 1 aromatic rings. The van der Waals surface area contributed by atoms with E-state index in [0.29, 0.717) is 18.4 Å². The lowest BCUT2D eigenvalue weighted by molar-refractivity contribution is -0.00411. The van der Waals surface area contributed by atoms with E-state index in [1.54, 1.807) is 7.11 Å². The number of aliphatic hydroxyl groups is 1. The second-order valence-electron chi connectivity index (χ2n) is 7.26. The van der Waals surface area contributed by atoms with Crippen LogP contribution in [0.5, 0.6) is 5.75 Å². The fourth-order valence-electron chi connectivity index (χ4n) is 4.01. The van der Waals surface area contributed by atoms with Gasteiger partial charge in [0.1, 0.15) is 5.75 Å². The van der Waals surface area contributed by atoms with Crippen LogP contribution in [0.3, 0.4) is 0 Å². The zero-order chi connectivity index (χ0) is 18.4. The van der Waals surface area contributed by atoms with E-state index >= 15 is 0 Å². The summed E-state index contributed by atoms with van der Waals surface area (Å²) in [6, 6.07) is 7.97. The molecule has 2 rings (SSSR count). The fourth-order valence-corrected chi connectivity index (χ4v) is 4.01. The number of hydrogen-bond donors (Lipinski definition) is 1. The van der Waals surface area contributed by atoms with Gasteiger partial charge in [0, 0.05) is 0 Å². The van der Waals surface area contributed by atoms with E-state index in [9.17, 15) is 5.11 Å². The molecule has 138 valence electrons. The van der Waals surface area contributed by atoms with E-state index in [1.807, 2.05) is 30.3 Å². The molecular weight excluding hydrogens is 312 g/mol. The van der Waals surface area contributed by atoms with Crippen LogP contribution in [0.1, 0.15) is 38.7 Å². The summed E-state index contributed by atoms with van der Waals surface area (Å²) in [5.74, 6) is 1.68. The largest absolute Gasteiger partial charge is 0.497 e. The highest BCUT2D eigenvalue weighted by atomic mass is 16.5. The molecule has 0 saturated heterocycles. The molecule has 1 N–H and O–H groups in total. The van der Waals surface area contributed by atoms with E-state index in [1.165, 1.54) is 0 Å². The summed E-state index contributed by atoms with van der Waals surface area (Å²) in [5.41, 5.74) is 2.28. The van der Waals surface area contributed by atoms with Crippen molar-refractivity contribution in [2.75, 3.05) is 7.11 Å². The van der Waals surface area contributed by atoms with Gasteiger partial charge in [0.05, 0.1) is 25.9 Å². The number of rotatable bonds is 9. The number of hydrogen-bond acceptors (Lipinski definition) is 3. The van der Waals surface area contributed by atoms with Crippen molar-refractivity contribution in [3.8, 4) is 5.75 Å². The molecule has 5 atom stereocenters. The van der Waals surface area contributed by atoms with Crippen molar-refractivity contribution in [3.05, 3.63) is 54.6 Å². The van der Waals surface area contributed by atoms with E-state index in [2.05, 4.69) is 27.0 Å². The molecule has 1 saturated carbocycles. The predicted molar refractivity (Wildman–Crippen MR) is 103 cm³/mol. The molecule has 0 heterocycles. The zero-order valence-corrected chi connectivity index (χ0v) is 15.8. The van der Waals surface area contributed by atoms with Gasteiger partial charge in [-0.3, -0.25) is 0 Å². The van der Waals surface area contributed by atoms with Gasteiger partial charge in [-0.2, -0.15) is 0 Å². The van der Waals surface area contributed by atoms with Crippen LogP contribution >= 0.6 is 0 Å². The topological polar surface area (TPSA) is 38.7 Å². The molecule has 0 aliphatic heterocycles. The van der Waals surface area contributed by atoms with Crippen LogP contribution in [0.15, 0.2) is 49.1 Å². The van der Waals surface area contributed by atoms with Crippen molar-refractivity contribution >= 4 is 0 Å². The van der Waals surface area contributed by atoms with Gasteiger partial charge >= 0.3 is 0 Å². The lowest BCUT2D eigenvalue weighted by atomic mass is 9.80. The Kier molecular flexibility index (Phi) is 7.27. The Balaban J connectivity index is 2.00. The molecule has 3 nitrogen and oxygen atoms in total. The molecule has 0 aromatic heterocycles. The SMILES string of the molecule is C=CCC[C@@H](O)[C@@H]1[C@@H](C)[C@@H](OCc2ccc(OC)cc2)C[C@@H]1C(=C)C. The lowest BCUT2D eigenvalue weighted by Gasteiger charge is -2.28. The van der Waals surface area contributed by atoms with Gasteiger partial charge < -0.3 is 14.6 Å². The Labute approximate surface area is 152 Å². The van der Waals surface area contributed by atoms with Gasteiger partial charge in [0.25, 0.3) is 0 Å². The van der Waals surface area contributed by atoms with Gasteiger partial charge in [0.2, 0.25) is 0 Å². The third kappa shape index (κ3) is 4.96. The van der Waals surface area contributed by atoms with Gasteiger partial charge in [0.15, 0.2) is 0 Å². The Morgan fingerprint density at radius 3 is 2.60 bits per heavy atom. The number of methoxy groups -OCH3 is 1.